The van der Waals surface area contributed by atoms with Gasteiger partial charge in [0.15, 0.2) is 0 Å². The molecule has 8 heteroatoms. The quantitative estimate of drug-likeness (QED) is 0.675. The molecule has 0 bridgehead atoms. The van der Waals surface area contributed by atoms with E-state index in [2.05, 4.69) is 15.3 Å². The van der Waals surface area contributed by atoms with Crippen molar-refractivity contribution >= 4 is 22.4 Å². The van der Waals surface area contributed by atoms with Crippen molar-refractivity contribution in [2.45, 2.75) is 32.0 Å². The molecule has 1 aliphatic rings. The van der Waals surface area contributed by atoms with Crippen LogP contribution in [0.3, 0.4) is 0 Å². The summed E-state index contributed by atoms with van der Waals surface area (Å²) < 4.78 is 43.9. The monoisotopic (exact) mass is 401 g/mol. The summed E-state index contributed by atoms with van der Waals surface area (Å²) in [4.78, 5) is 20.8. The number of hydrogen-bond donors (Lipinski definition) is 1. The van der Waals surface area contributed by atoms with Gasteiger partial charge in [-0.2, -0.15) is 13.2 Å². The highest BCUT2D eigenvalue weighted by Gasteiger charge is 2.39. The lowest BCUT2D eigenvalue weighted by molar-refractivity contribution is -0.175. The zero-order valence-electron chi connectivity index (χ0n) is 15.4. The number of fused-ring (bicyclic) bond motifs is 1. The maximum atomic E-state index is 12.9. The molecule has 1 N–H and O–H groups in total. The Morgan fingerprint density at radius 2 is 2.14 bits per heavy atom. The molecule has 3 aromatic rings. The van der Waals surface area contributed by atoms with Crippen LogP contribution in [-0.2, 0) is 6.54 Å². The lowest BCUT2D eigenvalue weighted by Crippen LogP contribution is -2.24. The zero-order chi connectivity index (χ0) is 20.4. The number of oxazole rings is 1. The molecule has 1 amide bonds. The van der Waals surface area contributed by atoms with Crippen molar-refractivity contribution in [1.29, 1.82) is 0 Å². The number of pyridine rings is 1. The van der Waals surface area contributed by atoms with Crippen LogP contribution in [0.5, 0.6) is 0 Å². The van der Waals surface area contributed by atoms with Gasteiger partial charge < -0.3 is 9.73 Å². The van der Waals surface area contributed by atoms with E-state index in [1.165, 1.54) is 18.7 Å². The first-order valence-electron chi connectivity index (χ1n) is 9.23. The van der Waals surface area contributed by atoms with Crippen molar-refractivity contribution in [3.05, 3.63) is 66.0 Å². The Morgan fingerprint density at radius 1 is 1.28 bits per heavy atom. The molecule has 0 aliphatic heterocycles. The predicted octanol–water partition coefficient (Wildman–Crippen LogP) is 4.90. The van der Waals surface area contributed by atoms with E-state index in [0.717, 1.165) is 16.5 Å². The van der Waals surface area contributed by atoms with Crippen LogP contribution >= 0.6 is 0 Å². The second kappa shape index (κ2) is 7.69. The number of allylic oxidation sites excluding steroid dienone is 2. The highest BCUT2D eigenvalue weighted by molar-refractivity contribution is 6.00. The van der Waals surface area contributed by atoms with Gasteiger partial charge in [0.2, 0.25) is 5.89 Å². The molecule has 2 aromatic heterocycles. The summed E-state index contributed by atoms with van der Waals surface area (Å²) in [5.74, 6) is -1.24. The lowest BCUT2D eigenvalue weighted by atomic mass is 9.85. The molecule has 0 radical (unpaired) electrons. The molecular weight excluding hydrogens is 383 g/mol. The molecule has 0 fully saturated rings. The smallest absolute Gasteiger partial charge is 0.392 e. The third-order valence-corrected chi connectivity index (χ3v) is 5.09. The van der Waals surface area contributed by atoms with Crippen LogP contribution in [0.15, 0.2) is 53.4 Å². The molecule has 1 aliphatic carbocycles. The van der Waals surface area contributed by atoms with Crippen molar-refractivity contribution in [3.8, 4) is 0 Å². The number of hydrogen-bond acceptors (Lipinski definition) is 4. The van der Waals surface area contributed by atoms with E-state index in [0.29, 0.717) is 23.4 Å². The Bertz CT molecular complexity index is 1060. The van der Waals surface area contributed by atoms with E-state index in [1.807, 2.05) is 18.2 Å². The van der Waals surface area contributed by atoms with E-state index in [4.69, 9.17) is 4.42 Å². The van der Waals surface area contributed by atoms with Crippen LogP contribution in [0.25, 0.3) is 16.5 Å². The third kappa shape index (κ3) is 4.16. The second-order valence-electron chi connectivity index (χ2n) is 6.95. The minimum atomic E-state index is -4.17. The number of carbonyl (C=O) groups excluding carboxylic acids is 1. The fourth-order valence-corrected chi connectivity index (χ4v) is 3.53. The molecule has 1 aromatic carbocycles. The van der Waals surface area contributed by atoms with E-state index in [9.17, 15) is 18.0 Å². The van der Waals surface area contributed by atoms with Crippen LogP contribution in [0.2, 0.25) is 0 Å². The Balaban J connectivity index is 1.60. The summed E-state index contributed by atoms with van der Waals surface area (Å²) in [7, 11) is 0. The summed E-state index contributed by atoms with van der Waals surface area (Å²) in [6.07, 6.45) is 2.26. The van der Waals surface area contributed by atoms with E-state index in [1.54, 1.807) is 12.1 Å². The number of aromatic nitrogens is 2. The van der Waals surface area contributed by atoms with Gasteiger partial charge in [-0.3, -0.25) is 9.78 Å². The summed E-state index contributed by atoms with van der Waals surface area (Å²) >= 11 is 0. The van der Waals surface area contributed by atoms with Gasteiger partial charge in [-0.25, -0.2) is 4.98 Å². The lowest BCUT2D eigenvalue weighted by Gasteiger charge is -2.24. The molecule has 1 atom stereocenters. The summed E-state index contributed by atoms with van der Waals surface area (Å²) in [6, 6.07) is 7.22. The van der Waals surface area contributed by atoms with Gasteiger partial charge in [-0.15, -0.1) is 0 Å². The number of nitrogens with zero attached hydrogens (tertiary/aromatic N) is 2. The summed E-state index contributed by atoms with van der Waals surface area (Å²) in [5.41, 5.74) is 2.72. The Morgan fingerprint density at radius 3 is 2.83 bits per heavy atom. The van der Waals surface area contributed by atoms with Crippen molar-refractivity contribution in [2.75, 3.05) is 0 Å². The first-order valence-corrected chi connectivity index (χ1v) is 9.23. The number of alkyl halides is 3. The molecule has 0 spiro atoms. The maximum Gasteiger partial charge on any atom is 0.392 e. The van der Waals surface area contributed by atoms with Gasteiger partial charge in [-0.05, 0) is 42.5 Å². The fraction of sp³-hybridized carbons (Fsp3) is 0.286. The van der Waals surface area contributed by atoms with Gasteiger partial charge in [0, 0.05) is 11.6 Å². The number of halogens is 3. The highest BCUT2D eigenvalue weighted by Crippen LogP contribution is 2.40. The van der Waals surface area contributed by atoms with Gasteiger partial charge in [0.25, 0.3) is 5.91 Å². The van der Waals surface area contributed by atoms with Crippen LogP contribution in [0.1, 0.15) is 41.1 Å². The number of rotatable bonds is 4. The molecule has 2 heterocycles. The minimum Gasteiger partial charge on any atom is -0.447 e. The van der Waals surface area contributed by atoms with Crippen LogP contribution in [0.4, 0.5) is 13.2 Å². The number of nitrogens with one attached hydrogen (secondary N) is 1. The highest BCUT2D eigenvalue weighted by atomic mass is 19.4. The first kappa shape index (κ1) is 19.2. The normalized spacial score (nSPS) is 17.2. The zero-order valence-corrected chi connectivity index (χ0v) is 15.4. The van der Waals surface area contributed by atoms with E-state index < -0.39 is 12.1 Å². The van der Waals surface area contributed by atoms with Crippen LogP contribution in [-0.4, -0.2) is 22.1 Å². The molecule has 5 nitrogen and oxygen atoms in total. The van der Waals surface area contributed by atoms with Crippen molar-refractivity contribution < 1.29 is 22.4 Å². The average Bonchev–Trinajstić information content (AvgIpc) is 3.24. The third-order valence-electron chi connectivity index (χ3n) is 5.09. The molecule has 0 saturated carbocycles. The molecule has 29 heavy (non-hydrogen) atoms. The standard InChI is InChI=1S/C21H18F3N3O2/c22-21(23,24)15-6-4-13(5-7-15)16-2-1-3-18-17(16)10-14(11-26-18)20(28)27-12-19-25-8-9-29-19/h1-4,8-11,15H,5-7,12H2,(H,27,28). The number of carbonyl (C=O) groups is 1. The SMILES string of the molecule is O=C(NCc1ncco1)c1cnc2cccc(C3=CCC(C(F)(F)F)CC3)c2c1. The molecule has 0 saturated heterocycles. The Labute approximate surface area is 164 Å². The first-order chi connectivity index (χ1) is 13.9. The summed E-state index contributed by atoms with van der Waals surface area (Å²) in [6.45, 7) is 0.148. The van der Waals surface area contributed by atoms with Crippen molar-refractivity contribution in [1.82, 2.24) is 15.3 Å². The maximum absolute atomic E-state index is 12.9. The van der Waals surface area contributed by atoms with Gasteiger partial charge in [0.1, 0.15) is 6.26 Å². The second-order valence-corrected chi connectivity index (χ2v) is 6.95. The number of benzene rings is 1. The minimum absolute atomic E-state index is 0.0288. The largest absolute Gasteiger partial charge is 0.447 e. The van der Waals surface area contributed by atoms with Gasteiger partial charge in [0.05, 0.1) is 29.7 Å². The van der Waals surface area contributed by atoms with Gasteiger partial charge >= 0.3 is 6.18 Å². The van der Waals surface area contributed by atoms with Gasteiger partial charge in [-0.1, -0.05) is 18.2 Å². The van der Waals surface area contributed by atoms with E-state index >= 15 is 0 Å². The molecule has 150 valence electrons. The summed E-state index contributed by atoms with van der Waals surface area (Å²) in [5, 5.41) is 3.46. The molecule has 1 unspecified atom stereocenters. The Kier molecular flexibility index (Phi) is 5.08. The average molecular weight is 401 g/mol. The van der Waals surface area contributed by atoms with Crippen molar-refractivity contribution in [3.63, 3.8) is 0 Å². The topological polar surface area (TPSA) is 68.0 Å². The number of amides is 1. The molecular formula is C21H18F3N3O2. The molecule has 4 rings (SSSR count). The van der Waals surface area contributed by atoms with Crippen LogP contribution < -0.4 is 5.32 Å². The van der Waals surface area contributed by atoms with Crippen molar-refractivity contribution in [2.24, 2.45) is 5.92 Å². The van der Waals surface area contributed by atoms with Crippen LogP contribution in [0, 0.1) is 5.92 Å². The fourth-order valence-electron chi connectivity index (χ4n) is 3.53. The predicted molar refractivity (Wildman–Crippen MR) is 101 cm³/mol. The Hall–Kier alpha value is -3.16. The van der Waals surface area contributed by atoms with E-state index in [-0.39, 0.29) is 25.3 Å².